The number of benzene rings is 2. The fraction of sp³-hybridized carbons (Fsp3) is 0.0526. The fourth-order valence-electron chi connectivity index (χ4n) is 2.42. The van der Waals surface area contributed by atoms with Crippen molar-refractivity contribution in [2.75, 3.05) is 5.32 Å². The van der Waals surface area contributed by atoms with Crippen molar-refractivity contribution in [3.63, 3.8) is 0 Å². The minimum Gasteiger partial charge on any atom is -0.322 e. The van der Waals surface area contributed by atoms with Gasteiger partial charge >= 0.3 is 6.18 Å². The summed E-state index contributed by atoms with van der Waals surface area (Å²) in [5.41, 5.74) is -0.658. The predicted octanol–water partition coefficient (Wildman–Crippen LogP) is 4.97. The van der Waals surface area contributed by atoms with Crippen LogP contribution in [-0.4, -0.2) is 10.9 Å². The molecule has 0 saturated carbocycles. The van der Waals surface area contributed by atoms with Crippen LogP contribution in [0, 0.1) is 0 Å². The summed E-state index contributed by atoms with van der Waals surface area (Å²) >= 11 is 5.82. The molecular weight excluding hydrogens is 381 g/mol. The number of aromatic nitrogens is 1. The Kier molecular flexibility index (Phi) is 5.05. The Morgan fingerprint density at radius 1 is 1.00 bits per heavy atom. The van der Waals surface area contributed by atoms with Gasteiger partial charge in [0.1, 0.15) is 5.56 Å². The number of pyridine rings is 1. The Morgan fingerprint density at radius 2 is 1.70 bits per heavy atom. The van der Waals surface area contributed by atoms with E-state index in [1.54, 1.807) is 24.3 Å². The van der Waals surface area contributed by atoms with E-state index in [-0.39, 0.29) is 11.3 Å². The molecule has 3 aromatic rings. The molecule has 0 unspecified atom stereocenters. The lowest BCUT2D eigenvalue weighted by Crippen LogP contribution is -2.23. The van der Waals surface area contributed by atoms with E-state index in [2.05, 4.69) is 10.3 Å². The molecule has 3 rings (SSSR count). The number of anilines is 1. The number of rotatable bonds is 3. The van der Waals surface area contributed by atoms with Crippen molar-refractivity contribution in [1.82, 2.24) is 4.98 Å². The highest BCUT2D eigenvalue weighted by molar-refractivity contribution is 6.30. The van der Waals surface area contributed by atoms with E-state index >= 15 is 0 Å². The SMILES string of the molecule is O=C(Nc1cccc(C(F)(F)F)c1)c1ccc(-c2ccc(Cl)cc2)[nH]c1=O. The van der Waals surface area contributed by atoms with Gasteiger partial charge in [0.15, 0.2) is 0 Å². The summed E-state index contributed by atoms with van der Waals surface area (Å²) in [6.07, 6.45) is -4.53. The van der Waals surface area contributed by atoms with Gasteiger partial charge in [-0.3, -0.25) is 9.59 Å². The standard InChI is InChI=1S/C19H12ClF3N2O2/c20-13-6-4-11(5-7-13)16-9-8-15(18(27)25-16)17(26)24-14-3-1-2-12(10-14)19(21,22)23/h1-10H,(H,24,26)(H,25,27). The second-order valence-corrected chi connectivity index (χ2v) is 6.09. The predicted molar refractivity (Wildman–Crippen MR) is 96.9 cm³/mol. The molecule has 2 N–H and O–H groups in total. The normalized spacial score (nSPS) is 11.3. The van der Waals surface area contributed by atoms with Crippen LogP contribution in [0.15, 0.2) is 65.5 Å². The maximum absolute atomic E-state index is 12.7. The summed E-state index contributed by atoms with van der Waals surface area (Å²) in [5, 5.41) is 2.84. The van der Waals surface area contributed by atoms with Gasteiger partial charge in [-0.15, -0.1) is 0 Å². The topological polar surface area (TPSA) is 62.0 Å². The summed E-state index contributed by atoms with van der Waals surface area (Å²) < 4.78 is 38.2. The summed E-state index contributed by atoms with van der Waals surface area (Å²) in [6.45, 7) is 0. The molecule has 138 valence electrons. The third-order valence-corrected chi connectivity index (χ3v) is 4.01. The number of alkyl halides is 3. The van der Waals surface area contributed by atoms with Crippen LogP contribution in [0.1, 0.15) is 15.9 Å². The maximum atomic E-state index is 12.7. The molecule has 8 heteroatoms. The van der Waals surface area contributed by atoms with E-state index in [4.69, 9.17) is 11.6 Å². The van der Waals surface area contributed by atoms with E-state index in [0.717, 1.165) is 12.1 Å². The van der Waals surface area contributed by atoms with E-state index < -0.39 is 23.2 Å². The maximum Gasteiger partial charge on any atom is 0.416 e. The van der Waals surface area contributed by atoms with Gasteiger partial charge in [0, 0.05) is 16.4 Å². The van der Waals surface area contributed by atoms with Crippen molar-refractivity contribution in [1.29, 1.82) is 0 Å². The molecule has 0 bridgehead atoms. The van der Waals surface area contributed by atoms with Gasteiger partial charge < -0.3 is 10.3 Å². The minimum absolute atomic E-state index is 0.0593. The number of hydrogen-bond acceptors (Lipinski definition) is 2. The van der Waals surface area contributed by atoms with Gasteiger partial charge in [0.25, 0.3) is 11.5 Å². The first kappa shape index (κ1) is 18.7. The lowest BCUT2D eigenvalue weighted by atomic mass is 10.1. The van der Waals surface area contributed by atoms with Gasteiger partial charge in [-0.2, -0.15) is 13.2 Å². The van der Waals surface area contributed by atoms with Gasteiger partial charge in [-0.05, 0) is 48.0 Å². The second kappa shape index (κ2) is 7.28. The molecule has 1 amide bonds. The van der Waals surface area contributed by atoms with Crippen LogP contribution in [0.2, 0.25) is 5.02 Å². The van der Waals surface area contributed by atoms with E-state index in [1.807, 2.05) is 0 Å². The third kappa shape index (κ3) is 4.38. The summed E-state index contributed by atoms with van der Waals surface area (Å²) in [7, 11) is 0. The molecule has 0 aliphatic rings. The van der Waals surface area contributed by atoms with Gasteiger partial charge in [0.2, 0.25) is 0 Å². The summed E-state index contributed by atoms with van der Waals surface area (Å²) in [6, 6.07) is 13.7. The largest absolute Gasteiger partial charge is 0.416 e. The Labute approximate surface area is 156 Å². The number of nitrogens with one attached hydrogen (secondary N) is 2. The van der Waals surface area contributed by atoms with Crippen molar-refractivity contribution in [3.05, 3.63) is 87.2 Å². The number of amides is 1. The molecule has 1 aromatic heterocycles. The Morgan fingerprint density at radius 3 is 2.33 bits per heavy atom. The van der Waals surface area contributed by atoms with Gasteiger partial charge in [0.05, 0.1) is 5.56 Å². The summed E-state index contributed by atoms with van der Waals surface area (Å²) in [4.78, 5) is 27.0. The highest BCUT2D eigenvalue weighted by Gasteiger charge is 2.30. The molecule has 27 heavy (non-hydrogen) atoms. The van der Waals surface area contributed by atoms with Crippen LogP contribution in [0.3, 0.4) is 0 Å². The first-order chi connectivity index (χ1) is 12.7. The Balaban J connectivity index is 1.83. The average Bonchev–Trinajstić information content (AvgIpc) is 2.61. The zero-order valence-corrected chi connectivity index (χ0v) is 14.4. The van der Waals surface area contributed by atoms with Crippen LogP contribution in [0.25, 0.3) is 11.3 Å². The van der Waals surface area contributed by atoms with E-state index in [0.29, 0.717) is 16.3 Å². The molecule has 1 heterocycles. The molecular formula is C19H12ClF3N2O2. The number of carbonyl (C=O) groups is 1. The van der Waals surface area contributed by atoms with Crippen LogP contribution < -0.4 is 10.9 Å². The lowest BCUT2D eigenvalue weighted by Gasteiger charge is -2.10. The molecule has 0 aliphatic carbocycles. The van der Waals surface area contributed by atoms with Crippen LogP contribution >= 0.6 is 11.6 Å². The molecule has 2 aromatic carbocycles. The third-order valence-electron chi connectivity index (χ3n) is 3.76. The van der Waals surface area contributed by atoms with Crippen LogP contribution in [0.5, 0.6) is 0 Å². The lowest BCUT2D eigenvalue weighted by molar-refractivity contribution is -0.137. The molecule has 0 aliphatic heterocycles. The number of aromatic amines is 1. The van der Waals surface area contributed by atoms with Crippen molar-refractivity contribution < 1.29 is 18.0 Å². The highest BCUT2D eigenvalue weighted by Crippen LogP contribution is 2.30. The Hall–Kier alpha value is -3.06. The van der Waals surface area contributed by atoms with Crippen LogP contribution in [0.4, 0.5) is 18.9 Å². The van der Waals surface area contributed by atoms with E-state index in [9.17, 15) is 22.8 Å². The molecule has 0 radical (unpaired) electrons. The summed E-state index contributed by atoms with van der Waals surface area (Å²) in [5.74, 6) is -0.807. The number of hydrogen-bond donors (Lipinski definition) is 2. The number of halogens is 4. The smallest absolute Gasteiger partial charge is 0.322 e. The molecule has 0 fully saturated rings. The quantitative estimate of drug-likeness (QED) is 0.661. The zero-order valence-electron chi connectivity index (χ0n) is 13.6. The van der Waals surface area contributed by atoms with Crippen molar-refractivity contribution >= 4 is 23.2 Å². The highest BCUT2D eigenvalue weighted by atomic mass is 35.5. The first-order valence-electron chi connectivity index (χ1n) is 7.72. The minimum atomic E-state index is -4.53. The van der Waals surface area contributed by atoms with Gasteiger partial charge in [-0.25, -0.2) is 0 Å². The Bertz CT molecular complexity index is 1040. The molecule has 0 atom stereocenters. The zero-order chi connectivity index (χ0) is 19.6. The van der Waals surface area contributed by atoms with Crippen molar-refractivity contribution in [2.24, 2.45) is 0 Å². The number of carbonyl (C=O) groups excluding carboxylic acids is 1. The second-order valence-electron chi connectivity index (χ2n) is 5.65. The van der Waals surface area contributed by atoms with Crippen LogP contribution in [-0.2, 0) is 6.18 Å². The number of H-pyrrole nitrogens is 1. The fourth-order valence-corrected chi connectivity index (χ4v) is 2.55. The van der Waals surface area contributed by atoms with E-state index in [1.165, 1.54) is 24.3 Å². The molecule has 0 spiro atoms. The van der Waals surface area contributed by atoms with Crippen molar-refractivity contribution in [3.8, 4) is 11.3 Å². The average molecular weight is 393 g/mol. The first-order valence-corrected chi connectivity index (χ1v) is 8.10. The van der Waals surface area contributed by atoms with Crippen molar-refractivity contribution in [2.45, 2.75) is 6.18 Å². The monoisotopic (exact) mass is 392 g/mol. The van der Waals surface area contributed by atoms with Gasteiger partial charge in [-0.1, -0.05) is 29.8 Å². The molecule has 0 saturated heterocycles. The molecule has 4 nitrogen and oxygen atoms in total.